The van der Waals surface area contributed by atoms with E-state index in [0.717, 1.165) is 5.69 Å². The molecule has 0 spiro atoms. The van der Waals surface area contributed by atoms with Gasteiger partial charge in [-0.15, -0.1) is 0 Å². The Kier molecular flexibility index (Phi) is 4.21. The van der Waals surface area contributed by atoms with E-state index in [9.17, 15) is 4.79 Å². The predicted molar refractivity (Wildman–Crippen MR) is 92.6 cm³/mol. The highest BCUT2D eigenvalue weighted by Crippen LogP contribution is 2.32. The highest BCUT2D eigenvalue weighted by atomic mass is 16.4. The van der Waals surface area contributed by atoms with Crippen LogP contribution in [0.3, 0.4) is 0 Å². The van der Waals surface area contributed by atoms with E-state index in [4.69, 9.17) is 11.7 Å². The van der Waals surface area contributed by atoms with Crippen LogP contribution in [0.5, 0.6) is 0 Å². The van der Waals surface area contributed by atoms with Crippen molar-refractivity contribution < 1.29 is 9.90 Å². The molecule has 0 saturated carbocycles. The zero-order valence-corrected chi connectivity index (χ0v) is 12.6. The second kappa shape index (κ2) is 6.63. The summed E-state index contributed by atoms with van der Waals surface area (Å²) in [4.78, 5) is 18.8. The fourth-order valence-electron chi connectivity index (χ4n) is 2.29. The normalized spacial score (nSPS) is 9.96. The fraction of sp³-hybridized carbons (Fsp3) is 0. The average molecular weight is 315 g/mol. The molecule has 0 aliphatic rings. The average Bonchev–Trinajstić information content (AvgIpc) is 2.63. The second-order valence-electron chi connectivity index (χ2n) is 5.07. The molecule has 116 valence electrons. The van der Waals surface area contributed by atoms with Gasteiger partial charge >= 0.3 is 5.97 Å². The van der Waals surface area contributed by atoms with Crippen molar-refractivity contribution in [1.82, 2.24) is 4.98 Å². The SMILES string of the molecule is [C-]#[N+]c1cc(-c2cc(C(=O)O)ccn2)ccc1Nc1ccccc1. The van der Waals surface area contributed by atoms with Gasteiger partial charge < -0.3 is 10.4 Å². The maximum Gasteiger partial charge on any atom is 0.335 e. The third-order valence-corrected chi connectivity index (χ3v) is 3.47. The quantitative estimate of drug-likeness (QED) is 0.682. The molecular weight excluding hydrogens is 302 g/mol. The molecule has 2 aromatic carbocycles. The number of carboxylic acids is 1. The number of aromatic carboxylic acids is 1. The summed E-state index contributed by atoms with van der Waals surface area (Å²) in [5, 5.41) is 12.3. The van der Waals surface area contributed by atoms with E-state index < -0.39 is 5.97 Å². The molecule has 0 unspecified atom stereocenters. The molecule has 0 fully saturated rings. The van der Waals surface area contributed by atoms with Crippen molar-refractivity contribution in [2.24, 2.45) is 0 Å². The maximum absolute atomic E-state index is 11.1. The van der Waals surface area contributed by atoms with Crippen molar-refractivity contribution in [2.45, 2.75) is 0 Å². The van der Waals surface area contributed by atoms with E-state index in [-0.39, 0.29) is 5.56 Å². The molecule has 0 amide bonds. The van der Waals surface area contributed by atoms with Crippen LogP contribution in [-0.2, 0) is 0 Å². The Labute approximate surface area is 139 Å². The molecule has 0 bridgehead atoms. The largest absolute Gasteiger partial charge is 0.478 e. The van der Waals surface area contributed by atoms with Crippen LogP contribution in [0.1, 0.15) is 10.4 Å². The first-order valence-electron chi connectivity index (χ1n) is 7.20. The van der Waals surface area contributed by atoms with Gasteiger partial charge in [0.25, 0.3) is 0 Å². The van der Waals surface area contributed by atoms with Crippen LogP contribution in [0.4, 0.5) is 17.1 Å². The predicted octanol–water partition coefficient (Wildman–Crippen LogP) is 4.74. The molecule has 24 heavy (non-hydrogen) atoms. The molecule has 5 nitrogen and oxygen atoms in total. The molecule has 0 aliphatic carbocycles. The van der Waals surface area contributed by atoms with Gasteiger partial charge in [-0.25, -0.2) is 9.64 Å². The number of anilines is 2. The lowest BCUT2D eigenvalue weighted by Gasteiger charge is -2.10. The third-order valence-electron chi connectivity index (χ3n) is 3.47. The Balaban J connectivity index is 1.96. The first-order chi connectivity index (χ1) is 11.7. The molecule has 3 rings (SSSR count). The molecular formula is C19H13N3O2. The van der Waals surface area contributed by atoms with Crippen molar-refractivity contribution >= 4 is 23.0 Å². The molecule has 3 aromatic rings. The molecule has 2 N–H and O–H groups in total. The summed E-state index contributed by atoms with van der Waals surface area (Å²) in [6.07, 6.45) is 1.45. The lowest BCUT2D eigenvalue weighted by Crippen LogP contribution is -1.97. The number of nitrogens with one attached hydrogen (secondary N) is 1. The number of nitrogens with zero attached hydrogens (tertiary/aromatic N) is 2. The van der Waals surface area contributed by atoms with Gasteiger partial charge in [0.05, 0.1) is 17.8 Å². The van der Waals surface area contributed by atoms with Gasteiger partial charge in [-0.1, -0.05) is 24.3 Å². The molecule has 0 saturated heterocycles. The van der Waals surface area contributed by atoms with E-state index >= 15 is 0 Å². The van der Waals surface area contributed by atoms with E-state index in [0.29, 0.717) is 22.6 Å². The van der Waals surface area contributed by atoms with Crippen molar-refractivity contribution in [2.75, 3.05) is 5.32 Å². The Morgan fingerprint density at radius 2 is 1.88 bits per heavy atom. The number of para-hydroxylation sites is 1. The van der Waals surface area contributed by atoms with Crippen LogP contribution in [0.15, 0.2) is 66.9 Å². The van der Waals surface area contributed by atoms with E-state index in [1.165, 1.54) is 18.3 Å². The molecule has 0 atom stereocenters. The number of carbonyl (C=O) groups is 1. The van der Waals surface area contributed by atoms with Crippen LogP contribution in [0.2, 0.25) is 0 Å². The number of hydrogen-bond acceptors (Lipinski definition) is 3. The number of benzene rings is 2. The Hall–Kier alpha value is -3.65. The lowest BCUT2D eigenvalue weighted by atomic mass is 10.1. The van der Waals surface area contributed by atoms with Crippen LogP contribution < -0.4 is 5.32 Å². The topological polar surface area (TPSA) is 66.6 Å². The summed E-state index contributed by atoms with van der Waals surface area (Å²) in [7, 11) is 0. The second-order valence-corrected chi connectivity index (χ2v) is 5.07. The number of rotatable bonds is 4. The summed E-state index contributed by atoms with van der Waals surface area (Å²) in [5.41, 5.74) is 3.40. The number of aromatic nitrogens is 1. The van der Waals surface area contributed by atoms with Crippen LogP contribution >= 0.6 is 0 Å². The zero-order valence-electron chi connectivity index (χ0n) is 12.6. The minimum Gasteiger partial charge on any atom is -0.478 e. The minimum atomic E-state index is -1.01. The van der Waals surface area contributed by atoms with Crippen molar-refractivity contribution in [3.63, 3.8) is 0 Å². The van der Waals surface area contributed by atoms with Gasteiger partial charge in [-0.3, -0.25) is 4.98 Å². The standard InChI is InChI=1S/C19H13N3O2/c1-20-18-11-13(17-12-14(19(23)24)9-10-21-17)7-8-16(18)22-15-5-3-2-4-6-15/h2-12,22H,(H,23,24). The summed E-state index contributed by atoms with van der Waals surface area (Å²) in [6, 6.07) is 17.8. The van der Waals surface area contributed by atoms with Gasteiger partial charge in [0.2, 0.25) is 5.69 Å². The smallest absolute Gasteiger partial charge is 0.335 e. The number of pyridine rings is 1. The van der Waals surface area contributed by atoms with E-state index in [2.05, 4.69) is 15.1 Å². The Bertz CT molecular complexity index is 931. The Morgan fingerprint density at radius 3 is 2.58 bits per heavy atom. The summed E-state index contributed by atoms with van der Waals surface area (Å²) >= 11 is 0. The van der Waals surface area contributed by atoms with Gasteiger partial charge in [-0.05, 0) is 42.0 Å². The monoisotopic (exact) mass is 315 g/mol. The minimum absolute atomic E-state index is 0.163. The van der Waals surface area contributed by atoms with Gasteiger partial charge in [-0.2, -0.15) is 0 Å². The van der Waals surface area contributed by atoms with E-state index in [1.807, 2.05) is 36.4 Å². The van der Waals surface area contributed by atoms with Crippen LogP contribution in [0.25, 0.3) is 16.1 Å². The van der Waals surface area contributed by atoms with Crippen molar-refractivity contribution in [3.05, 3.63) is 83.8 Å². The number of hydrogen-bond donors (Lipinski definition) is 2. The molecule has 1 aromatic heterocycles. The highest BCUT2D eigenvalue weighted by Gasteiger charge is 2.09. The van der Waals surface area contributed by atoms with Crippen LogP contribution in [-0.4, -0.2) is 16.1 Å². The summed E-state index contributed by atoms with van der Waals surface area (Å²) < 4.78 is 0. The molecule has 0 aliphatic heterocycles. The van der Waals surface area contributed by atoms with Gasteiger partial charge in [0.1, 0.15) is 0 Å². The molecule has 1 heterocycles. The lowest BCUT2D eigenvalue weighted by molar-refractivity contribution is 0.0697. The van der Waals surface area contributed by atoms with Gasteiger partial charge in [0.15, 0.2) is 0 Å². The first kappa shape index (κ1) is 15.3. The fourth-order valence-corrected chi connectivity index (χ4v) is 2.29. The maximum atomic E-state index is 11.1. The molecule has 0 radical (unpaired) electrons. The van der Waals surface area contributed by atoms with Crippen LogP contribution in [0, 0.1) is 6.57 Å². The first-order valence-corrected chi connectivity index (χ1v) is 7.20. The summed E-state index contributed by atoms with van der Waals surface area (Å²) in [5.74, 6) is -1.01. The van der Waals surface area contributed by atoms with Crippen molar-refractivity contribution in [1.29, 1.82) is 0 Å². The molecule has 5 heteroatoms. The summed E-state index contributed by atoms with van der Waals surface area (Å²) in [6.45, 7) is 7.39. The van der Waals surface area contributed by atoms with Gasteiger partial charge in [0, 0.05) is 17.6 Å². The van der Waals surface area contributed by atoms with E-state index in [1.54, 1.807) is 12.1 Å². The zero-order chi connectivity index (χ0) is 16.9. The van der Waals surface area contributed by atoms with Crippen molar-refractivity contribution in [3.8, 4) is 11.3 Å². The third kappa shape index (κ3) is 3.23. The Morgan fingerprint density at radius 1 is 1.08 bits per heavy atom. The number of carboxylic acid groups (broad SMARTS) is 1. The highest BCUT2D eigenvalue weighted by molar-refractivity contribution is 5.89.